The van der Waals surface area contributed by atoms with E-state index in [1.54, 1.807) is 0 Å². The van der Waals surface area contributed by atoms with Crippen molar-refractivity contribution in [1.82, 2.24) is 28.0 Å². The zero-order valence-electron chi connectivity index (χ0n) is 23.7. The molecule has 0 aromatic rings. The van der Waals surface area contributed by atoms with Crippen LogP contribution in [0.15, 0.2) is 4.52 Å². The second-order valence-electron chi connectivity index (χ2n) is 7.63. The van der Waals surface area contributed by atoms with Gasteiger partial charge in [0, 0.05) is 42.3 Å². The van der Waals surface area contributed by atoms with Crippen LogP contribution in [0, 0.1) is 0 Å². The molecule has 0 saturated carbocycles. The average Bonchev–Trinajstić information content (AvgIpc) is 2.58. The minimum atomic E-state index is -2.17. The third kappa shape index (κ3) is 23.8. The summed E-state index contributed by atoms with van der Waals surface area (Å²) >= 11 is 0. The van der Waals surface area contributed by atoms with Crippen molar-refractivity contribution in [3.05, 3.63) is 0 Å². The lowest BCUT2D eigenvalue weighted by molar-refractivity contribution is 0.276. The van der Waals surface area contributed by atoms with E-state index in [1.807, 2.05) is 0 Å². The smallest absolute Gasteiger partial charge is 0.402 e. The van der Waals surface area contributed by atoms with Crippen molar-refractivity contribution in [3.8, 4) is 0 Å². The molecule has 0 aromatic heterocycles. The van der Waals surface area contributed by atoms with Gasteiger partial charge in [-0.05, 0) is 46.8 Å². The van der Waals surface area contributed by atoms with Crippen LogP contribution in [0.25, 0.3) is 0 Å². The van der Waals surface area contributed by atoms with Crippen molar-refractivity contribution >= 4 is 44.7 Å². The van der Waals surface area contributed by atoms with Crippen LogP contribution >= 0.6 is 15.4 Å². The summed E-state index contributed by atoms with van der Waals surface area (Å²) < 4.78 is 19.1. The standard InChI is InChI=1S/C12H36N7P2.4BH3O3/c1-14(2)20(15(3)4,16(5)6)13-21(17(7)8,18(9)10)19(11)12;4*2-1(3)4/h1-12H3;4*2-4H/q+1;;;;. The van der Waals surface area contributed by atoms with E-state index in [-0.39, 0.29) is 0 Å². The average molecular weight is 588 g/mol. The molecule has 25 heteroatoms. The molecule has 0 aliphatic carbocycles. The van der Waals surface area contributed by atoms with Crippen LogP contribution in [0.5, 0.6) is 0 Å². The van der Waals surface area contributed by atoms with E-state index < -0.39 is 44.7 Å². The van der Waals surface area contributed by atoms with Gasteiger partial charge in [0.1, 0.15) is 0 Å². The van der Waals surface area contributed by atoms with Gasteiger partial charge >= 0.3 is 37.2 Å². The van der Waals surface area contributed by atoms with Gasteiger partial charge in [0.05, 0.1) is 0 Å². The molecule has 37 heavy (non-hydrogen) atoms. The summed E-state index contributed by atoms with van der Waals surface area (Å²) in [5, 5.41) is 86.0. The Kier molecular flexibility index (Phi) is 30.5. The quantitative estimate of drug-likeness (QED) is 0.0974. The fourth-order valence-corrected chi connectivity index (χ4v) is 12.2. The highest BCUT2D eigenvalue weighted by Crippen LogP contribution is 2.73. The van der Waals surface area contributed by atoms with Crippen LogP contribution in [0.2, 0.25) is 0 Å². The molecule has 0 aromatic carbocycles. The van der Waals surface area contributed by atoms with Crippen molar-refractivity contribution in [3.63, 3.8) is 0 Å². The van der Waals surface area contributed by atoms with Crippen LogP contribution < -0.4 is 0 Å². The van der Waals surface area contributed by atoms with Gasteiger partial charge in [-0.2, -0.15) is 0 Å². The fraction of sp³-hybridized carbons (Fsp3) is 1.00. The van der Waals surface area contributed by atoms with Crippen LogP contribution in [0.4, 0.5) is 0 Å². The molecule has 224 valence electrons. The number of rotatable bonds is 7. The Bertz CT molecular complexity index is 498. The topological polar surface area (TPSA) is 275 Å². The summed E-state index contributed by atoms with van der Waals surface area (Å²) in [6, 6.07) is 0. The molecule has 19 nitrogen and oxygen atoms in total. The van der Waals surface area contributed by atoms with Gasteiger partial charge in [0.25, 0.3) is 0 Å². The second kappa shape index (κ2) is 24.0. The molecule has 0 amide bonds. The molecular formula is C12H48B4N7O12P2+. The molecular weight excluding hydrogens is 539 g/mol. The Morgan fingerprint density at radius 2 is 0.541 bits per heavy atom. The summed E-state index contributed by atoms with van der Waals surface area (Å²) in [7, 11) is 12.9. The van der Waals surface area contributed by atoms with E-state index in [2.05, 4.69) is 113 Å². The maximum absolute atomic E-state index is 7.17. The minimum Gasteiger partial charge on any atom is -0.402 e. The Morgan fingerprint density at radius 3 is 0.622 bits per heavy atom. The molecule has 0 radical (unpaired) electrons. The molecule has 0 atom stereocenters. The van der Waals surface area contributed by atoms with Gasteiger partial charge in [-0.3, -0.25) is 0 Å². The summed E-state index contributed by atoms with van der Waals surface area (Å²) in [6.07, 6.45) is 0. The van der Waals surface area contributed by atoms with E-state index in [0.717, 1.165) is 0 Å². The minimum absolute atomic E-state index is 1.95. The predicted octanol–water partition coefficient (Wildman–Crippen LogP) is -6.23. The summed E-state index contributed by atoms with van der Waals surface area (Å²) in [5.41, 5.74) is 0. The van der Waals surface area contributed by atoms with Crippen molar-refractivity contribution in [2.75, 3.05) is 84.6 Å². The summed E-state index contributed by atoms with van der Waals surface area (Å²) in [5.74, 6) is 0. The van der Waals surface area contributed by atoms with E-state index >= 15 is 0 Å². The lowest BCUT2D eigenvalue weighted by Crippen LogP contribution is -2.37. The normalized spacial score (nSPS) is 11.1. The predicted molar refractivity (Wildman–Crippen MR) is 148 cm³/mol. The molecule has 12 N–H and O–H groups in total. The lowest BCUT2D eigenvalue weighted by atomic mass is 10.3. The first kappa shape index (κ1) is 47.0. The zero-order chi connectivity index (χ0) is 31.5. The van der Waals surface area contributed by atoms with Gasteiger partial charge in [-0.25, -0.2) is 14.0 Å². The SMILES string of the molecule is CN(C)P(=N[P+](N(C)C)(N(C)C)N(C)C)(N(C)C)N(C)C.OB(O)O.OB(O)O.OB(O)O.OB(O)O. The number of hydrogen-bond donors (Lipinski definition) is 12. The highest BCUT2D eigenvalue weighted by Gasteiger charge is 2.52. The molecule has 0 saturated heterocycles. The molecule has 0 bridgehead atoms. The molecule has 0 aliphatic rings. The van der Waals surface area contributed by atoms with Gasteiger partial charge in [0.2, 0.25) is 7.51 Å². The van der Waals surface area contributed by atoms with E-state index in [1.165, 1.54) is 0 Å². The molecule has 0 heterocycles. The maximum Gasteiger partial charge on any atom is 0.631 e. The van der Waals surface area contributed by atoms with Crippen LogP contribution in [-0.4, -0.2) is 202 Å². The molecule has 0 fully saturated rings. The van der Waals surface area contributed by atoms with Crippen molar-refractivity contribution in [1.29, 1.82) is 0 Å². The lowest BCUT2D eigenvalue weighted by Gasteiger charge is -2.43. The summed E-state index contributed by atoms with van der Waals surface area (Å²) in [4.78, 5) is 0. The first-order chi connectivity index (χ1) is 16.3. The van der Waals surface area contributed by atoms with E-state index in [9.17, 15) is 0 Å². The first-order valence-electron chi connectivity index (χ1n) is 10.1. The first-order valence-corrected chi connectivity index (χ1v) is 13.3. The van der Waals surface area contributed by atoms with Crippen molar-refractivity contribution in [2.24, 2.45) is 4.52 Å². The molecule has 0 unspecified atom stereocenters. The number of hydrogen-bond acceptors (Lipinski definition) is 16. The molecule has 0 spiro atoms. The van der Waals surface area contributed by atoms with E-state index in [0.29, 0.717) is 0 Å². The van der Waals surface area contributed by atoms with E-state index in [4.69, 9.17) is 64.8 Å². The maximum atomic E-state index is 7.17. The second-order valence-corrected chi connectivity index (χ2v) is 15.3. The highest BCUT2D eigenvalue weighted by atomic mass is 31.2. The van der Waals surface area contributed by atoms with Gasteiger partial charge in [0.15, 0.2) is 0 Å². The Hall–Kier alpha value is 0.200. The summed E-state index contributed by atoms with van der Waals surface area (Å²) in [6.45, 7) is 0. The van der Waals surface area contributed by atoms with Crippen LogP contribution in [-0.2, 0) is 0 Å². The van der Waals surface area contributed by atoms with Gasteiger partial charge in [-0.1, -0.05) is 0 Å². The fourth-order valence-electron chi connectivity index (χ4n) is 2.79. The largest absolute Gasteiger partial charge is 0.631 e. The van der Waals surface area contributed by atoms with Crippen molar-refractivity contribution < 1.29 is 60.3 Å². The Balaban J connectivity index is -0.000000172. The number of nitrogens with zero attached hydrogens (tertiary/aromatic N) is 7. The van der Waals surface area contributed by atoms with Gasteiger partial charge < -0.3 is 60.3 Å². The molecule has 0 rings (SSSR count). The highest BCUT2D eigenvalue weighted by molar-refractivity contribution is 7.75. The van der Waals surface area contributed by atoms with Crippen LogP contribution in [0.3, 0.4) is 0 Å². The molecule has 0 aliphatic heterocycles. The van der Waals surface area contributed by atoms with Crippen molar-refractivity contribution in [2.45, 2.75) is 0 Å². The van der Waals surface area contributed by atoms with Gasteiger partial charge in [-0.15, -0.1) is 14.0 Å². The monoisotopic (exact) mass is 588 g/mol. The Labute approximate surface area is 222 Å². The Morgan fingerprint density at radius 1 is 0.405 bits per heavy atom. The zero-order valence-corrected chi connectivity index (χ0v) is 25.5. The third-order valence-corrected chi connectivity index (χ3v) is 11.8. The van der Waals surface area contributed by atoms with Crippen LogP contribution in [0.1, 0.15) is 0 Å². The third-order valence-electron chi connectivity index (χ3n) is 3.46.